The van der Waals surface area contributed by atoms with Crippen LogP contribution in [-0.4, -0.2) is 6.04 Å². The Bertz CT molecular complexity index is 563. The molecule has 2 aromatic rings. The Morgan fingerprint density at radius 1 is 1.28 bits per heavy atom. The van der Waals surface area contributed by atoms with Gasteiger partial charge in [0.1, 0.15) is 11.5 Å². The summed E-state index contributed by atoms with van der Waals surface area (Å²) in [6, 6.07) is 11.1. The van der Waals surface area contributed by atoms with Gasteiger partial charge in [0.25, 0.3) is 0 Å². The van der Waals surface area contributed by atoms with Gasteiger partial charge in [0.2, 0.25) is 0 Å². The molecule has 1 aromatic carbocycles. The molecule has 2 nitrogen and oxygen atoms in total. The fraction of sp³-hybridized carbons (Fsp3) is 0.286. The number of furan rings is 1. The standard InChI is InChI=1S/C14H13BrINO/c15-13-5-1-9(16)7-12(13)14-6-4-11(18-14)8-17-10-2-3-10/h1,4-7,10,17H,2-3,8H2. The fourth-order valence-electron chi connectivity index (χ4n) is 1.84. The smallest absolute Gasteiger partial charge is 0.135 e. The van der Waals surface area contributed by atoms with Gasteiger partial charge in [0.15, 0.2) is 0 Å². The van der Waals surface area contributed by atoms with E-state index in [0.717, 1.165) is 28.1 Å². The van der Waals surface area contributed by atoms with Gasteiger partial charge < -0.3 is 9.73 Å². The third-order valence-corrected chi connectivity index (χ3v) is 4.36. The van der Waals surface area contributed by atoms with Gasteiger partial charge in [-0.3, -0.25) is 0 Å². The molecule has 0 radical (unpaired) electrons. The van der Waals surface area contributed by atoms with E-state index < -0.39 is 0 Å². The summed E-state index contributed by atoms with van der Waals surface area (Å²) < 4.78 is 8.16. The van der Waals surface area contributed by atoms with Crippen molar-refractivity contribution < 1.29 is 4.42 Å². The second kappa shape index (κ2) is 5.35. The molecule has 0 bridgehead atoms. The van der Waals surface area contributed by atoms with E-state index in [1.165, 1.54) is 16.4 Å². The number of benzene rings is 1. The van der Waals surface area contributed by atoms with Gasteiger partial charge in [-0.05, 0) is 65.8 Å². The topological polar surface area (TPSA) is 25.2 Å². The first kappa shape index (κ1) is 12.7. The summed E-state index contributed by atoms with van der Waals surface area (Å²) in [4.78, 5) is 0. The van der Waals surface area contributed by atoms with Crippen molar-refractivity contribution in [3.05, 3.63) is 44.1 Å². The molecule has 1 saturated carbocycles. The lowest BCUT2D eigenvalue weighted by Crippen LogP contribution is -2.14. The summed E-state index contributed by atoms with van der Waals surface area (Å²) >= 11 is 5.88. The molecule has 1 heterocycles. The maximum absolute atomic E-state index is 5.89. The maximum atomic E-state index is 5.89. The first-order valence-corrected chi connectivity index (χ1v) is 7.87. The van der Waals surface area contributed by atoms with Gasteiger partial charge in [-0.2, -0.15) is 0 Å². The van der Waals surface area contributed by atoms with Crippen molar-refractivity contribution in [2.24, 2.45) is 0 Å². The quantitative estimate of drug-likeness (QED) is 0.737. The lowest BCUT2D eigenvalue weighted by Gasteiger charge is -2.02. The Morgan fingerprint density at radius 3 is 2.89 bits per heavy atom. The van der Waals surface area contributed by atoms with Crippen LogP contribution in [0.4, 0.5) is 0 Å². The van der Waals surface area contributed by atoms with E-state index in [1.54, 1.807) is 0 Å². The van der Waals surface area contributed by atoms with E-state index in [1.807, 2.05) is 6.07 Å². The minimum absolute atomic E-state index is 0.711. The Balaban J connectivity index is 1.80. The number of hydrogen-bond acceptors (Lipinski definition) is 2. The zero-order valence-electron chi connectivity index (χ0n) is 9.75. The van der Waals surface area contributed by atoms with E-state index >= 15 is 0 Å². The molecule has 0 spiro atoms. The van der Waals surface area contributed by atoms with E-state index in [2.05, 4.69) is 68.1 Å². The van der Waals surface area contributed by atoms with Crippen LogP contribution in [0.2, 0.25) is 0 Å². The molecule has 1 fully saturated rings. The molecule has 3 rings (SSSR count). The molecular weight excluding hydrogens is 405 g/mol. The summed E-state index contributed by atoms with van der Waals surface area (Å²) in [5.74, 6) is 1.93. The molecule has 0 aliphatic heterocycles. The second-order valence-electron chi connectivity index (χ2n) is 4.55. The van der Waals surface area contributed by atoms with E-state index in [9.17, 15) is 0 Å². The van der Waals surface area contributed by atoms with E-state index in [0.29, 0.717) is 6.04 Å². The lowest BCUT2D eigenvalue weighted by atomic mass is 10.2. The minimum Gasteiger partial charge on any atom is -0.460 e. The molecule has 0 saturated heterocycles. The third-order valence-electron chi connectivity index (χ3n) is 3.00. The molecule has 0 unspecified atom stereocenters. The molecule has 0 amide bonds. The monoisotopic (exact) mass is 417 g/mol. The van der Waals surface area contributed by atoms with Crippen LogP contribution in [0.15, 0.2) is 39.2 Å². The van der Waals surface area contributed by atoms with Crippen molar-refractivity contribution in [2.45, 2.75) is 25.4 Å². The Kier molecular flexibility index (Phi) is 3.77. The number of nitrogens with one attached hydrogen (secondary N) is 1. The number of hydrogen-bond donors (Lipinski definition) is 1. The van der Waals surface area contributed by atoms with Crippen LogP contribution in [0, 0.1) is 3.57 Å². The molecule has 4 heteroatoms. The fourth-order valence-corrected chi connectivity index (χ4v) is 2.77. The van der Waals surface area contributed by atoms with Crippen LogP contribution in [-0.2, 0) is 6.54 Å². The number of rotatable bonds is 4. The highest BCUT2D eigenvalue weighted by Crippen LogP contribution is 2.31. The molecule has 0 atom stereocenters. The van der Waals surface area contributed by atoms with Crippen LogP contribution in [0.25, 0.3) is 11.3 Å². The lowest BCUT2D eigenvalue weighted by molar-refractivity contribution is 0.492. The zero-order chi connectivity index (χ0) is 12.5. The van der Waals surface area contributed by atoms with Gasteiger partial charge in [-0.25, -0.2) is 0 Å². The average Bonchev–Trinajstić information content (AvgIpc) is 3.08. The van der Waals surface area contributed by atoms with E-state index in [-0.39, 0.29) is 0 Å². The van der Waals surface area contributed by atoms with Gasteiger partial charge in [0, 0.05) is 19.6 Å². The minimum atomic E-state index is 0.711. The first-order valence-electron chi connectivity index (χ1n) is 6.00. The first-order chi connectivity index (χ1) is 8.72. The van der Waals surface area contributed by atoms with E-state index in [4.69, 9.17) is 4.42 Å². The zero-order valence-corrected chi connectivity index (χ0v) is 13.5. The third kappa shape index (κ3) is 2.97. The molecule has 1 aliphatic rings. The predicted molar refractivity (Wildman–Crippen MR) is 84.4 cm³/mol. The average molecular weight is 418 g/mol. The molecule has 1 aliphatic carbocycles. The highest BCUT2D eigenvalue weighted by atomic mass is 127. The molecule has 18 heavy (non-hydrogen) atoms. The predicted octanol–water partition coefficient (Wildman–Crippen LogP) is 4.57. The maximum Gasteiger partial charge on any atom is 0.135 e. The molecule has 94 valence electrons. The second-order valence-corrected chi connectivity index (χ2v) is 6.65. The van der Waals surface area contributed by atoms with Crippen molar-refractivity contribution in [2.75, 3.05) is 0 Å². The highest BCUT2D eigenvalue weighted by molar-refractivity contribution is 14.1. The largest absolute Gasteiger partial charge is 0.460 e. The van der Waals surface area contributed by atoms with Crippen molar-refractivity contribution >= 4 is 38.5 Å². The molecule has 1 aromatic heterocycles. The summed E-state index contributed by atoms with van der Waals surface area (Å²) in [6.07, 6.45) is 2.60. The normalized spacial score (nSPS) is 15.0. The van der Waals surface area contributed by atoms with Crippen LogP contribution in [0.5, 0.6) is 0 Å². The van der Waals surface area contributed by atoms with Gasteiger partial charge in [-0.1, -0.05) is 15.9 Å². The summed E-state index contributed by atoms with van der Waals surface area (Å²) in [5, 5.41) is 3.46. The van der Waals surface area contributed by atoms with Crippen molar-refractivity contribution in [3.8, 4) is 11.3 Å². The van der Waals surface area contributed by atoms with Crippen LogP contribution in [0.1, 0.15) is 18.6 Å². The summed E-state index contributed by atoms with van der Waals surface area (Å²) in [6.45, 7) is 0.826. The van der Waals surface area contributed by atoms with Gasteiger partial charge in [-0.15, -0.1) is 0 Å². The van der Waals surface area contributed by atoms with Crippen LogP contribution < -0.4 is 5.32 Å². The molecule has 1 N–H and O–H groups in total. The Labute approximate surface area is 128 Å². The van der Waals surface area contributed by atoms with Crippen molar-refractivity contribution in [1.29, 1.82) is 0 Å². The van der Waals surface area contributed by atoms with Crippen molar-refractivity contribution in [3.63, 3.8) is 0 Å². The van der Waals surface area contributed by atoms with Crippen molar-refractivity contribution in [1.82, 2.24) is 5.32 Å². The Morgan fingerprint density at radius 2 is 2.11 bits per heavy atom. The van der Waals surface area contributed by atoms with Crippen LogP contribution in [0.3, 0.4) is 0 Å². The van der Waals surface area contributed by atoms with Gasteiger partial charge in [0.05, 0.1) is 6.54 Å². The highest BCUT2D eigenvalue weighted by Gasteiger charge is 2.20. The summed E-state index contributed by atoms with van der Waals surface area (Å²) in [5.41, 5.74) is 1.11. The number of halogens is 2. The van der Waals surface area contributed by atoms with Crippen LogP contribution >= 0.6 is 38.5 Å². The van der Waals surface area contributed by atoms with Gasteiger partial charge >= 0.3 is 0 Å². The Hall–Kier alpha value is -0.330. The summed E-state index contributed by atoms with van der Waals surface area (Å²) in [7, 11) is 0. The molecular formula is C14H13BrINO. The SMILES string of the molecule is Brc1ccc(I)cc1-c1ccc(CNC2CC2)o1.